The first-order valence-electron chi connectivity index (χ1n) is 9.77. The number of hydrogen-bond acceptors (Lipinski definition) is 5. The number of nitrogens with one attached hydrogen (secondary N) is 1. The quantitative estimate of drug-likeness (QED) is 0.554. The molecule has 5 nitrogen and oxygen atoms in total. The molecule has 3 aromatic rings. The molecule has 1 heterocycles. The third-order valence-corrected chi connectivity index (χ3v) is 5.63. The molecule has 0 radical (unpaired) electrons. The van der Waals surface area contributed by atoms with Gasteiger partial charge in [-0.25, -0.2) is 4.98 Å². The van der Waals surface area contributed by atoms with Crippen LogP contribution in [0.5, 0.6) is 5.75 Å². The molecule has 152 valence electrons. The molecule has 0 spiro atoms. The summed E-state index contributed by atoms with van der Waals surface area (Å²) in [5.41, 5.74) is 4.67. The zero-order valence-corrected chi connectivity index (χ0v) is 18.2. The summed E-state index contributed by atoms with van der Waals surface area (Å²) in [7, 11) is 1.65. The standard InChI is InChI=1S/C23H27N3O2S/c1-5-26(6-2)14-17-8-10-18(11-9-17)22(27)25-23-24-20(15-29-23)19-13-16(3)7-12-21(19)28-4/h7-13,15H,5-6,14H2,1-4H3,(H,24,25,27). The Balaban J connectivity index is 1.70. The summed E-state index contributed by atoms with van der Waals surface area (Å²) < 4.78 is 5.44. The van der Waals surface area contributed by atoms with E-state index in [1.807, 2.05) is 54.8 Å². The molecule has 29 heavy (non-hydrogen) atoms. The molecule has 1 amide bonds. The number of aryl methyl sites for hydroxylation is 1. The van der Waals surface area contributed by atoms with Gasteiger partial charge >= 0.3 is 0 Å². The van der Waals surface area contributed by atoms with Crippen LogP contribution in [-0.4, -0.2) is 36.0 Å². The molecule has 0 saturated heterocycles. The van der Waals surface area contributed by atoms with Crippen molar-refractivity contribution in [3.05, 3.63) is 64.5 Å². The van der Waals surface area contributed by atoms with Crippen molar-refractivity contribution < 1.29 is 9.53 Å². The first kappa shape index (κ1) is 21.0. The van der Waals surface area contributed by atoms with Crippen molar-refractivity contribution in [3.8, 4) is 17.0 Å². The van der Waals surface area contributed by atoms with Gasteiger partial charge in [0, 0.05) is 23.1 Å². The van der Waals surface area contributed by atoms with Gasteiger partial charge < -0.3 is 4.74 Å². The van der Waals surface area contributed by atoms with Crippen LogP contribution in [-0.2, 0) is 6.54 Å². The fourth-order valence-electron chi connectivity index (χ4n) is 3.11. The SMILES string of the molecule is CCN(CC)Cc1ccc(C(=O)Nc2nc(-c3cc(C)ccc3OC)cs2)cc1. The Morgan fingerprint density at radius 3 is 2.52 bits per heavy atom. The summed E-state index contributed by atoms with van der Waals surface area (Å²) in [6, 6.07) is 13.7. The zero-order valence-electron chi connectivity index (χ0n) is 17.4. The highest BCUT2D eigenvalue weighted by atomic mass is 32.1. The number of hydrogen-bond donors (Lipinski definition) is 1. The lowest BCUT2D eigenvalue weighted by atomic mass is 10.1. The Hall–Kier alpha value is -2.70. The molecule has 0 atom stereocenters. The van der Waals surface area contributed by atoms with Crippen molar-refractivity contribution >= 4 is 22.4 Å². The van der Waals surface area contributed by atoms with Crippen molar-refractivity contribution in [1.82, 2.24) is 9.88 Å². The van der Waals surface area contributed by atoms with E-state index >= 15 is 0 Å². The van der Waals surface area contributed by atoms with Gasteiger partial charge in [0.15, 0.2) is 5.13 Å². The van der Waals surface area contributed by atoms with E-state index in [4.69, 9.17) is 4.74 Å². The number of amides is 1. The lowest BCUT2D eigenvalue weighted by Gasteiger charge is -2.17. The third kappa shape index (κ3) is 5.22. The van der Waals surface area contributed by atoms with Crippen molar-refractivity contribution in [2.45, 2.75) is 27.3 Å². The molecule has 1 N–H and O–H groups in total. The number of thiazole rings is 1. The fourth-order valence-corrected chi connectivity index (χ4v) is 3.82. The molecule has 0 aliphatic heterocycles. The number of ether oxygens (including phenoxy) is 1. The number of carbonyl (C=O) groups excluding carboxylic acids is 1. The van der Waals surface area contributed by atoms with Crippen LogP contribution >= 0.6 is 11.3 Å². The van der Waals surface area contributed by atoms with E-state index in [1.54, 1.807) is 7.11 Å². The summed E-state index contributed by atoms with van der Waals surface area (Å²) in [5, 5.41) is 5.40. The number of rotatable bonds is 8. The molecule has 0 aliphatic rings. The molecular weight excluding hydrogens is 382 g/mol. The predicted molar refractivity (Wildman–Crippen MR) is 120 cm³/mol. The van der Waals surface area contributed by atoms with Gasteiger partial charge in [-0.15, -0.1) is 11.3 Å². The molecule has 6 heteroatoms. The maximum absolute atomic E-state index is 12.6. The Morgan fingerprint density at radius 1 is 1.14 bits per heavy atom. The van der Waals surface area contributed by atoms with Crippen molar-refractivity contribution in [1.29, 1.82) is 0 Å². The van der Waals surface area contributed by atoms with E-state index in [0.717, 1.165) is 42.2 Å². The average Bonchev–Trinajstić information content (AvgIpc) is 3.20. The minimum absolute atomic E-state index is 0.156. The number of benzene rings is 2. The van der Waals surface area contributed by atoms with Gasteiger partial charge in [-0.2, -0.15) is 0 Å². The van der Waals surface area contributed by atoms with Crippen LogP contribution in [0.15, 0.2) is 47.8 Å². The second-order valence-electron chi connectivity index (χ2n) is 6.85. The average molecular weight is 410 g/mol. The lowest BCUT2D eigenvalue weighted by Crippen LogP contribution is -2.22. The summed E-state index contributed by atoms with van der Waals surface area (Å²) in [5.74, 6) is 0.610. The van der Waals surface area contributed by atoms with E-state index in [-0.39, 0.29) is 5.91 Å². The van der Waals surface area contributed by atoms with E-state index in [0.29, 0.717) is 10.7 Å². The molecule has 1 aromatic heterocycles. The zero-order chi connectivity index (χ0) is 20.8. The monoisotopic (exact) mass is 409 g/mol. The van der Waals surface area contributed by atoms with Crippen LogP contribution in [0, 0.1) is 6.92 Å². The van der Waals surface area contributed by atoms with Gasteiger partial charge in [-0.1, -0.05) is 37.6 Å². The molecule has 0 unspecified atom stereocenters. The van der Waals surface area contributed by atoms with Crippen molar-refractivity contribution in [2.24, 2.45) is 0 Å². The number of aromatic nitrogens is 1. The van der Waals surface area contributed by atoms with Gasteiger partial charge in [0.2, 0.25) is 0 Å². The van der Waals surface area contributed by atoms with E-state index in [1.165, 1.54) is 16.9 Å². The number of nitrogens with zero attached hydrogens (tertiary/aromatic N) is 2. The fraction of sp³-hybridized carbons (Fsp3) is 0.304. The summed E-state index contributed by atoms with van der Waals surface area (Å²) in [6.07, 6.45) is 0. The maximum Gasteiger partial charge on any atom is 0.257 e. The Kier molecular flexibility index (Phi) is 7.01. The minimum atomic E-state index is -0.156. The summed E-state index contributed by atoms with van der Waals surface area (Å²) in [6.45, 7) is 9.25. The van der Waals surface area contributed by atoms with Gasteiger partial charge in [-0.05, 0) is 49.8 Å². The molecule has 0 saturated carbocycles. The molecular formula is C23H27N3O2S. The van der Waals surface area contributed by atoms with Crippen LogP contribution in [0.4, 0.5) is 5.13 Å². The molecule has 2 aromatic carbocycles. The number of anilines is 1. The Labute approximate surface area is 176 Å². The smallest absolute Gasteiger partial charge is 0.257 e. The number of carbonyl (C=O) groups is 1. The van der Waals surface area contributed by atoms with Gasteiger partial charge in [-0.3, -0.25) is 15.0 Å². The van der Waals surface area contributed by atoms with Gasteiger partial charge in [0.1, 0.15) is 5.75 Å². The second-order valence-corrected chi connectivity index (χ2v) is 7.71. The maximum atomic E-state index is 12.6. The van der Waals surface area contributed by atoms with Crippen LogP contribution in [0.1, 0.15) is 35.3 Å². The molecule has 0 fully saturated rings. The first-order chi connectivity index (χ1) is 14.0. The first-order valence-corrected chi connectivity index (χ1v) is 10.6. The number of methoxy groups -OCH3 is 1. The summed E-state index contributed by atoms with van der Waals surface area (Å²) in [4.78, 5) is 19.5. The topological polar surface area (TPSA) is 54.5 Å². The van der Waals surface area contributed by atoms with Crippen molar-refractivity contribution in [3.63, 3.8) is 0 Å². The van der Waals surface area contributed by atoms with Crippen LogP contribution < -0.4 is 10.1 Å². The molecule has 0 bridgehead atoms. The minimum Gasteiger partial charge on any atom is -0.496 e. The molecule has 3 rings (SSSR count). The highest BCUT2D eigenvalue weighted by Crippen LogP contribution is 2.33. The predicted octanol–water partition coefficient (Wildman–Crippen LogP) is 5.22. The highest BCUT2D eigenvalue weighted by molar-refractivity contribution is 7.14. The van der Waals surface area contributed by atoms with E-state index in [2.05, 4.69) is 29.0 Å². The normalized spacial score (nSPS) is 10.9. The second kappa shape index (κ2) is 9.67. The van der Waals surface area contributed by atoms with E-state index in [9.17, 15) is 4.79 Å². The Morgan fingerprint density at radius 2 is 1.86 bits per heavy atom. The Bertz CT molecular complexity index is 963. The van der Waals surface area contributed by atoms with E-state index < -0.39 is 0 Å². The molecule has 0 aliphatic carbocycles. The lowest BCUT2D eigenvalue weighted by molar-refractivity contribution is 0.102. The largest absolute Gasteiger partial charge is 0.496 e. The summed E-state index contributed by atoms with van der Waals surface area (Å²) >= 11 is 1.40. The van der Waals surface area contributed by atoms with Gasteiger partial charge in [0.05, 0.1) is 12.8 Å². The van der Waals surface area contributed by atoms with Crippen LogP contribution in [0.3, 0.4) is 0 Å². The third-order valence-electron chi connectivity index (χ3n) is 4.87. The van der Waals surface area contributed by atoms with Crippen LogP contribution in [0.25, 0.3) is 11.3 Å². The van der Waals surface area contributed by atoms with Crippen molar-refractivity contribution in [2.75, 3.05) is 25.5 Å². The van der Waals surface area contributed by atoms with Crippen LogP contribution in [0.2, 0.25) is 0 Å². The van der Waals surface area contributed by atoms with Gasteiger partial charge in [0.25, 0.3) is 5.91 Å². The highest BCUT2D eigenvalue weighted by Gasteiger charge is 2.13.